The predicted molar refractivity (Wildman–Crippen MR) is 11.5 cm³/mol. The summed E-state index contributed by atoms with van der Waals surface area (Å²) < 4.78 is 34.0. The fraction of sp³-hybridized carbons (Fsp3) is 0. The van der Waals surface area contributed by atoms with Crippen molar-refractivity contribution in [2.45, 2.75) is 0 Å². The average molecular weight is 135 g/mol. The Hall–Kier alpha value is 0.480. The van der Waals surface area contributed by atoms with Gasteiger partial charge in [-0.25, -0.2) is 18.6 Å². The van der Waals surface area contributed by atoms with Gasteiger partial charge in [0.25, 0.3) is 0 Å². The molecule has 0 saturated carbocycles. The van der Waals surface area contributed by atoms with Gasteiger partial charge in [0.15, 0.2) is 0 Å². The van der Waals surface area contributed by atoms with E-state index in [9.17, 15) is 0 Å². The molecular formula is H3ClO4S. The van der Waals surface area contributed by atoms with Crippen LogP contribution in [0.5, 0.6) is 0 Å². The van der Waals surface area contributed by atoms with E-state index < -0.39 is 10.2 Å². The second kappa shape index (κ2) is 2.62. The van der Waals surface area contributed by atoms with Crippen LogP contribution < -0.4 is 18.6 Å². The molecule has 0 atom stereocenters. The highest BCUT2D eigenvalue weighted by Gasteiger charge is 1.84. The third-order valence-corrected chi connectivity index (χ3v) is 0. The van der Waals surface area contributed by atoms with E-state index >= 15 is 0 Å². The molecule has 0 radical (unpaired) electrons. The van der Waals surface area contributed by atoms with Gasteiger partial charge >= 0.3 is 0 Å². The lowest BCUT2D eigenvalue weighted by molar-refractivity contribution is -2.00. The van der Waals surface area contributed by atoms with Gasteiger partial charge in [-0.1, -0.05) is 13.5 Å². The molecule has 0 unspecified atom stereocenters. The number of halogens is 1. The van der Waals surface area contributed by atoms with Crippen molar-refractivity contribution in [3.63, 3.8) is 0 Å². The normalized spacial score (nSPS) is 10.0. The third kappa shape index (κ3) is 235. The first-order valence-electron chi connectivity index (χ1n) is 0.617. The molecule has 0 bridgehead atoms. The fourth-order valence-electron chi connectivity index (χ4n) is 0. The molecule has 0 aromatic carbocycles. The summed E-state index contributed by atoms with van der Waals surface area (Å²) in [7, 11) is -4.94. The molecule has 0 saturated heterocycles. The first kappa shape index (κ1) is 9.70. The Labute approximate surface area is 43.2 Å². The van der Waals surface area contributed by atoms with Crippen LogP contribution in [0.1, 0.15) is 0 Å². The second-order valence-corrected chi connectivity index (χ2v) is 1.13. The van der Waals surface area contributed by atoms with Crippen LogP contribution in [0.3, 0.4) is 0 Å². The Morgan fingerprint density at radius 3 is 0.833 bits per heavy atom. The van der Waals surface area contributed by atoms with Crippen molar-refractivity contribution in [2.24, 2.45) is 0 Å². The first-order valence-corrected chi connectivity index (χ1v) is 1.85. The van der Waals surface area contributed by atoms with Gasteiger partial charge in [0.2, 0.25) is 0 Å². The standard InChI is InChI=1S/ClHO4.H2S/c2-1(3,4)5;/h(H,2,3,4,5);1H2. The van der Waals surface area contributed by atoms with Crippen LogP contribution >= 0.6 is 0 Å². The van der Waals surface area contributed by atoms with Gasteiger partial charge in [0.1, 0.15) is 0 Å². The molecule has 0 rings (SSSR count). The molecule has 0 heterocycles. The molecule has 0 aromatic heterocycles. The van der Waals surface area contributed by atoms with Crippen molar-refractivity contribution in [3.05, 3.63) is 0 Å². The van der Waals surface area contributed by atoms with Crippen molar-refractivity contribution in [2.75, 3.05) is 0 Å². The van der Waals surface area contributed by atoms with Gasteiger partial charge in [-0.3, -0.25) is 0 Å². The van der Waals surface area contributed by atoms with Gasteiger partial charge in [-0.15, -0.1) is 10.2 Å². The van der Waals surface area contributed by atoms with Gasteiger partial charge < -0.3 is 0 Å². The van der Waals surface area contributed by atoms with E-state index in [0.717, 1.165) is 0 Å². The minimum Gasteiger partial charge on any atom is -0.222 e. The smallest absolute Gasteiger partial charge is 0.0576 e. The Bertz CT molecular complexity index is 23.0. The van der Waals surface area contributed by atoms with Crippen molar-refractivity contribution >= 4 is 13.5 Å². The maximum absolute atomic E-state index is 8.49. The molecule has 4 nitrogen and oxygen atoms in total. The molecule has 0 amide bonds. The highest BCUT2D eigenvalue weighted by molar-refractivity contribution is 7.37. The number of hydrogen-bond donors (Lipinski definition) is 0. The molecule has 0 aromatic rings. The molecule has 6 heteroatoms. The van der Waals surface area contributed by atoms with Crippen LogP contribution in [-0.2, 0) is 13.5 Å². The van der Waals surface area contributed by atoms with Gasteiger partial charge in [-0.05, 0) is 0 Å². The quantitative estimate of drug-likeness (QED) is 0.309. The van der Waals surface area contributed by atoms with E-state index in [4.69, 9.17) is 18.6 Å². The van der Waals surface area contributed by atoms with E-state index in [-0.39, 0.29) is 13.5 Å². The zero-order valence-corrected chi connectivity index (χ0v) is 4.50. The van der Waals surface area contributed by atoms with Gasteiger partial charge in [0.05, 0.1) is 0 Å². The lowest BCUT2D eigenvalue weighted by Crippen LogP contribution is -2.68. The van der Waals surface area contributed by atoms with E-state index in [0.29, 0.717) is 0 Å². The first-order chi connectivity index (χ1) is 2.00. The van der Waals surface area contributed by atoms with Crippen molar-refractivity contribution < 1.29 is 28.9 Å². The second-order valence-electron chi connectivity index (χ2n) is 0.378. The minimum atomic E-state index is -4.94. The highest BCUT2D eigenvalue weighted by atomic mass is 35.7. The lowest BCUT2D eigenvalue weighted by Gasteiger charge is -2.17. The Morgan fingerprint density at radius 1 is 0.833 bits per heavy atom. The molecule has 6 heavy (non-hydrogen) atoms. The molecule has 40 valence electrons. The highest BCUT2D eigenvalue weighted by Crippen LogP contribution is 1.49. The maximum Gasteiger partial charge on any atom is -0.0576 e. The van der Waals surface area contributed by atoms with E-state index in [2.05, 4.69) is 0 Å². The zero-order valence-electron chi connectivity index (χ0n) is 2.59. The third-order valence-electron chi connectivity index (χ3n) is 0. The SMILES string of the molecule is [O-][Cl+3]([O-])([O-])[O-].[SH3+]. The molecule has 0 fully saturated rings. The Balaban J connectivity index is 0. The molecule has 0 aliphatic carbocycles. The molecule has 0 aliphatic heterocycles. The number of hydrogen-bond acceptors (Lipinski definition) is 4. The van der Waals surface area contributed by atoms with E-state index in [1.54, 1.807) is 0 Å². The van der Waals surface area contributed by atoms with Crippen LogP contribution in [0.25, 0.3) is 0 Å². The summed E-state index contributed by atoms with van der Waals surface area (Å²) >= 11 is 0. The van der Waals surface area contributed by atoms with Gasteiger partial charge in [-0.2, -0.15) is 0 Å². The summed E-state index contributed by atoms with van der Waals surface area (Å²) in [5.41, 5.74) is 0. The lowest BCUT2D eigenvalue weighted by atomic mass is 15.8. The molecular weight excluding hydrogens is 132 g/mol. The zero-order chi connectivity index (χ0) is 4.50. The summed E-state index contributed by atoms with van der Waals surface area (Å²) in [6, 6.07) is 0. The largest absolute Gasteiger partial charge is 0.222 e. The fourth-order valence-corrected chi connectivity index (χ4v) is 0. The van der Waals surface area contributed by atoms with Crippen LogP contribution in [0.4, 0.5) is 0 Å². The monoisotopic (exact) mass is 134 g/mol. The summed E-state index contributed by atoms with van der Waals surface area (Å²) in [5.74, 6) is 0. The van der Waals surface area contributed by atoms with Gasteiger partial charge in [0, 0.05) is 0 Å². The molecule has 0 aliphatic rings. The Kier molecular flexibility index (Phi) is 4.23. The topological polar surface area (TPSA) is 92.2 Å². The molecule has 0 spiro atoms. The number of rotatable bonds is 0. The van der Waals surface area contributed by atoms with Crippen LogP contribution in [0, 0.1) is 10.2 Å². The van der Waals surface area contributed by atoms with Crippen molar-refractivity contribution in [1.29, 1.82) is 0 Å². The van der Waals surface area contributed by atoms with Crippen LogP contribution in [0.2, 0.25) is 0 Å². The van der Waals surface area contributed by atoms with Crippen molar-refractivity contribution in [3.8, 4) is 0 Å². The Morgan fingerprint density at radius 2 is 0.833 bits per heavy atom. The minimum absolute atomic E-state index is 0. The summed E-state index contributed by atoms with van der Waals surface area (Å²) in [5, 5.41) is 0. The van der Waals surface area contributed by atoms with Crippen molar-refractivity contribution in [1.82, 2.24) is 0 Å². The van der Waals surface area contributed by atoms with E-state index in [1.165, 1.54) is 0 Å². The van der Waals surface area contributed by atoms with Crippen LogP contribution in [-0.4, -0.2) is 0 Å². The average Bonchev–Trinajstić information content (AvgIpc) is 0.722. The summed E-state index contributed by atoms with van der Waals surface area (Å²) in [4.78, 5) is 0. The summed E-state index contributed by atoms with van der Waals surface area (Å²) in [6.07, 6.45) is 0. The molecule has 0 N–H and O–H groups in total. The van der Waals surface area contributed by atoms with E-state index in [1.807, 2.05) is 0 Å². The predicted octanol–water partition coefficient (Wildman–Crippen LogP) is -5.56. The van der Waals surface area contributed by atoms with Crippen LogP contribution in [0.15, 0.2) is 0 Å². The maximum atomic E-state index is 8.49. The summed E-state index contributed by atoms with van der Waals surface area (Å²) in [6.45, 7) is 0.